The summed E-state index contributed by atoms with van der Waals surface area (Å²) in [4.78, 5) is 0. The Morgan fingerprint density at radius 3 is 2.53 bits per heavy atom. The maximum absolute atomic E-state index is 4.10. The van der Waals surface area contributed by atoms with Gasteiger partial charge in [-0.05, 0) is 19.8 Å². The van der Waals surface area contributed by atoms with Gasteiger partial charge >= 0.3 is 0 Å². The van der Waals surface area contributed by atoms with Crippen molar-refractivity contribution < 1.29 is 0 Å². The first-order chi connectivity index (χ1) is 7.06. The van der Waals surface area contributed by atoms with Crippen molar-refractivity contribution in [2.24, 2.45) is 13.0 Å². The lowest BCUT2D eigenvalue weighted by molar-refractivity contribution is 0.351. The zero-order valence-corrected chi connectivity index (χ0v) is 10.4. The van der Waals surface area contributed by atoms with Crippen LogP contribution in [0.1, 0.15) is 46.0 Å². The number of hydrogen-bond acceptors (Lipinski definition) is 3. The largest absolute Gasteiger partial charge is 0.319 e. The van der Waals surface area contributed by atoms with Gasteiger partial charge in [0.05, 0.1) is 6.04 Å². The van der Waals surface area contributed by atoms with E-state index in [0.29, 0.717) is 12.0 Å². The fourth-order valence-corrected chi connectivity index (χ4v) is 1.67. The number of hydrogen-bond donors (Lipinski definition) is 1. The zero-order valence-electron chi connectivity index (χ0n) is 10.4. The van der Waals surface area contributed by atoms with Crippen molar-refractivity contribution in [3.05, 3.63) is 12.2 Å². The third-order valence-electron chi connectivity index (χ3n) is 3.14. The summed E-state index contributed by atoms with van der Waals surface area (Å²) in [5, 5.41) is 11.5. The van der Waals surface area contributed by atoms with Crippen molar-refractivity contribution in [2.75, 3.05) is 0 Å². The summed E-state index contributed by atoms with van der Waals surface area (Å²) < 4.78 is 1.96. The molecule has 0 aliphatic carbocycles. The molecule has 1 aromatic heterocycles. The summed E-state index contributed by atoms with van der Waals surface area (Å²) in [6, 6.07) is 0.753. The molecule has 4 heteroatoms. The Kier molecular flexibility index (Phi) is 4.27. The number of aryl methyl sites for hydroxylation is 1. The van der Waals surface area contributed by atoms with Gasteiger partial charge in [0.1, 0.15) is 12.2 Å². The van der Waals surface area contributed by atoms with E-state index in [1.807, 2.05) is 11.6 Å². The highest BCUT2D eigenvalue weighted by Crippen LogP contribution is 2.13. The molecule has 86 valence electrons. The van der Waals surface area contributed by atoms with E-state index in [1.165, 1.54) is 6.42 Å². The second-order valence-corrected chi connectivity index (χ2v) is 4.36. The lowest BCUT2D eigenvalue weighted by Crippen LogP contribution is -2.35. The van der Waals surface area contributed by atoms with Crippen LogP contribution in [0.4, 0.5) is 0 Å². The predicted molar refractivity (Wildman–Crippen MR) is 61.5 cm³/mol. The molecular formula is C11H22N4. The first kappa shape index (κ1) is 12.2. The highest BCUT2D eigenvalue weighted by Gasteiger charge is 2.16. The third kappa shape index (κ3) is 3.02. The van der Waals surface area contributed by atoms with Crippen LogP contribution in [0.2, 0.25) is 0 Å². The van der Waals surface area contributed by atoms with Crippen molar-refractivity contribution >= 4 is 0 Å². The number of rotatable bonds is 5. The molecule has 3 unspecified atom stereocenters. The van der Waals surface area contributed by atoms with Crippen LogP contribution in [0.15, 0.2) is 6.33 Å². The van der Waals surface area contributed by atoms with Crippen molar-refractivity contribution in [1.29, 1.82) is 0 Å². The summed E-state index contributed by atoms with van der Waals surface area (Å²) in [5.74, 6) is 1.67. The maximum atomic E-state index is 4.10. The molecule has 0 saturated carbocycles. The summed E-state index contributed by atoms with van der Waals surface area (Å²) >= 11 is 0. The van der Waals surface area contributed by atoms with E-state index < -0.39 is 0 Å². The number of aromatic nitrogens is 3. The van der Waals surface area contributed by atoms with E-state index >= 15 is 0 Å². The molecule has 0 saturated heterocycles. The van der Waals surface area contributed by atoms with Crippen molar-refractivity contribution in [1.82, 2.24) is 20.1 Å². The fourth-order valence-electron chi connectivity index (χ4n) is 1.67. The minimum absolute atomic E-state index is 0.251. The quantitative estimate of drug-likeness (QED) is 0.807. The van der Waals surface area contributed by atoms with E-state index in [2.05, 4.69) is 43.2 Å². The summed E-state index contributed by atoms with van der Waals surface area (Å²) in [7, 11) is 1.97. The van der Waals surface area contributed by atoms with Crippen LogP contribution in [0.3, 0.4) is 0 Å². The Bertz CT molecular complexity index is 295. The molecule has 1 aromatic rings. The Morgan fingerprint density at radius 2 is 2.07 bits per heavy atom. The van der Waals surface area contributed by atoms with Gasteiger partial charge in [-0.25, -0.2) is 0 Å². The Labute approximate surface area is 92.1 Å². The van der Waals surface area contributed by atoms with E-state index in [4.69, 9.17) is 0 Å². The second-order valence-electron chi connectivity index (χ2n) is 4.36. The molecule has 0 aliphatic heterocycles. The highest BCUT2D eigenvalue weighted by molar-refractivity contribution is 4.93. The molecule has 4 nitrogen and oxygen atoms in total. The fraction of sp³-hybridized carbons (Fsp3) is 0.818. The molecule has 0 fully saturated rings. The standard InChI is InChI=1S/C11H22N4/c1-6-8(2)9(3)13-10(4)11-14-12-7-15(11)5/h7-10,13H,6H2,1-5H3. The van der Waals surface area contributed by atoms with Gasteiger partial charge in [-0.1, -0.05) is 20.3 Å². The predicted octanol–water partition coefficient (Wildman–Crippen LogP) is 1.90. The van der Waals surface area contributed by atoms with E-state index in [9.17, 15) is 0 Å². The lowest BCUT2D eigenvalue weighted by Gasteiger charge is -2.23. The normalized spacial score (nSPS) is 17.4. The average Bonchev–Trinajstić information content (AvgIpc) is 2.63. The smallest absolute Gasteiger partial charge is 0.149 e. The molecule has 0 amide bonds. The van der Waals surface area contributed by atoms with Crippen molar-refractivity contribution in [3.63, 3.8) is 0 Å². The SMILES string of the molecule is CCC(C)C(C)NC(C)c1nncn1C. The molecule has 0 spiro atoms. The van der Waals surface area contributed by atoms with Gasteiger partial charge < -0.3 is 9.88 Å². The van der Waals surface area contributed by atoms with Gasteiger partial charge in [-0.3, -0.25) is 0 Å². The topological polar surface area (TPSA) is 42.7 Å². The monoisotopic (exact) mass is 210 g/mol. The van der Waals surface area contributed by atoms with Crippen molar-refractivity contribution in [2.45, 2.75) is 46.2 Å². The first-order valence-corrected chi connectivity index (χ1v) is 5.66. The first-order valence-electron chi connectivity index (χ1n) is 5.66. The van der Waals surface area contributed by atoms with Crippen LogP contribution in [0.5, 0.6) is 0 Å². The van der Waals surface area contributed by atoms with Crippen LogP contribution < -0.4 is 5.32 Å². The highest BCUT2D eigenvalue weighted by atomic mass is 15.3. The second kappa shape index (κ2) is 5.26. The van der Waals surface area contributed by atoms with Gasteiger partial charge in [0.25, 0.3) is 0 Å². The molecule has 0 radical (unpaired) electrons. The van der Waals surface area contributed by atoms with Gasteiger partial charge in [-0.2, -0.15) is 0 Å². The van der Waals surface area contributed by atoms with Gasteiger partial charge in [0.15, 0.2) is 0 Å². The molecule has 1 N–H and O–H groups in total. The van der Waals surface area contributed by atoms with E-state index in [-0.39, 0.29) is 6.04 Å². The van der Waals surface area contributed by atoms with Crippen LogP contribution in [-0.4, -0.2) is 20.8 Å². The number of nitrogens with one attached hydrogen (secondary N) is 1. The van der Waals surface area contributed by atoms with Crippen LogP contribution in [-0.2, 0) is 7.05 Å². The van der Waals surface area contributed by atoms with Crippen LogP contribution >= 0.6 is 0 Å². The Hall–Kier alpha value is -0.900. The van der Waals surface area contributed by atoms with Gasteiger partial charge in [0.2, 0.25) is 0 Å². The number of nitrogens with zero attached hydrogens (tertiary/aromatic N) is 3. The molecule has 0 bridgehead atoms. The minimum atomic E-state index is 0.251. The molecule has 1 heterocycles. The molecule has 1 rings (SSSR count). The average molecular weight is 210 g/mol. The van der Waals surface area contributed by atoms with Crippen LogP contribution in [0.25, 0.3) is 0 Å². The Balaban J connectivity index is 2.56. The summed E-state index contributed by atoms with van der Waals surface area (Å²) in [6.07, 6.45) is 2.93. The molecule has 3 atom stereocenters. The molecular weight excluding hydrogens is 188 g/mol. The van der Waals surface area contributed by atoms with Gasteiger partial charge in [-0.15, -0.1) is 10.2 Å². The third-order valence-corrected chi connectivity index (χ3v) is 3.14. The van der Waals surface area contributed by atoms with Gasteiger partial charge in [0, 0.05) is 13.1 Å². The lowest BCUT2D eigenvalue weighted by atomic mass is 10.0. The minimum Gasteiger partial charge on any atom is -0.319 e. The maximum Gasteiger partial charge on any atom is 0.149 e. The van der Waals surface area contributed by atoms with E-state index in [1.54, 1.807) is 6.33 Å². The summed E-state index contributed by atoms with van der Waals surface area (Å²) in [6.45, 7) is 8.83. The Morgan fingerprint density at radius 1 is 1.40 bits per heavy atom. The zero-order chi connectivity index (χ0) is 11.4. The summed E-state index contributed by atoms with van der Waals surface area (Å²) in [5.41, 5.74) is 0. The molecule has 15 heavy (non-hydrogen) atoms. The van der Waals surface area contributed by atoms with Crippen LogP contribution in [0, 0.1) is 5.92 Å². The van der Waals surface area contributed by atoms with Crippen molar-refractivity contribution in [3.8, 4) is 0 Å². The molecule has 0 aliphatic rings. The molecule has 0 aromatic carbocycles. The van der Waals surface area contributed by atoms with E-state index in [0.717, 1.165) is 5.82 Å².